The molecule has 2 saturated heterocycles. The van der Waals surface area contributed by atoms with Gasteiger partial charge in [0.2, 0.25) is 5.91 Å². The van der Waals surface area contributed by atoms with E-state index in [1.807, 2.05) is 18.2 Å². The van der Waals surface area contributed by atoms with Gasteiger partial charge in [-0.1, -0.05) is 18.2 Å². The standard InChI is InChI=1S/C23H27FN2O3/c24-21-13-17(19-3-1-9-25-15-19)5-6-18(21)14-23(7-11-28-12-8-23)22(27)26-16-20-4-2-10-29-20/h1,3,5-6,9,13,15,20H,2,4,7-8,10-12,14,16H2,(H,26,27). The van der Waals surface area contributed by atoms with E-state index >= 15 is 0 Å². The van der Waals surface area contributed by atoms with Crippen molar-refractivity contribution in [1.82, 2.24) is 10.3 Å². The highest BCUT2D eigenvalue weighted by Crippen LogP contribution is 2.36. The quantitative estimate of drug-likeness (QED) is 0.809. The Kier molecular flexibility index (Phi) is 6.21. The van der Waals surface area contributed by atoms with Crippen LogP contribution in [-0.4, -0.2) is 43.4 Å². The van der Waals surface area contributed by atoms with Crippen LogP contribution in [0.15, 0.2) is 42.7 Å². The van der Waals surface area contributed by atoms with Gasteiger partial charge >= 0.3 is 0 Å². The Morgan fingerprint density at radius 2 is 2.07 bits per heavy atom. The molecule has 1 N–H and O–H groups in total. The molecule has 1 aromatic carbocycles. The largest absolute Gasteiger partial charge is 0.381 e. The molecule has 3 heterocycles. The Bertz CT molecular complexity index is 831. The van der Waals surface area contributed by atoms with Crippen molar-refractivity contribution in [2.24, 2.45) is 5.41 Å². The van der Waals surface area contributed by atoms with Crippen LogP contribution in [0.5, 0.6) is 0 Å². The Balaban J connectivity index is 1.50. The molecule has 2 fully saturated rings. The summed E-state index contributed by atoms with van der Waals surface area (Å²) in [6.07, 6.45) is 7.06. The second-order valence-electron chi connectivity index (χ2n) is 7.96. The van der Waals surface area contributed by atoms with Crippen LogP contribution in [0.4, 0.5) is 4.39 Å². The van der Waals surface area contributed by atoms with Gasteiger partial charge in [0.05, 0.1) is 11.5 Å². The van der Waals surface area contributed by atoms with E-state index in [-0.39, 0.29) is 17.8 Å². The number of hydrogen-bond acceptors (Lipinski definition) is 4. The number of pyridine rings is 1. The maximum Gasteiger partial charge on any atom is 0.226 e. The Labute approximate surface area is 170 Å². The fourth-order valence-electron chi connectivity index (χ4n) is 4.21. The summed E-state index contributed by atoms with van der Waals surface area (Å²) in [5.74, 6) is -0.309. The van der Waals surface area contributed by atoms with Gasteiger partial charge in [0.25, 0.3) is 0 Å². The Hall–Kier alpha value is -2.31. The van der Waals surface area contributed by atoms with Crippen molar-refractivity contribution in [3.63, 3.8) is 0 Å². The van der Waals surface area contributed by atoms with E-state index in [9.17, 15) is 9.18 Å². The highest BCUT2D eigenvalue weighted by Gasteiger charge is 2.41. The van der Waals surface area contributed by atoms with E-state index in [1.165, 1.54) is 6.07 Å². The highest BCUT2D eigenvalue weighted by molar-refractivity contribution is 5.83. The number of benzene rings is 1. The zero-order chi connectivity index (χ0) is 20.1. The van der Waals surface area contributed by atoms with Crippen molar-refractivity contribution >= 4 is 5.91 Å². The monoisotopic (exact) mass is 398 g/mol. The lowest BCUT2D eigenvalue weighted by Crippen LogP contribution is -2.48. The normalized spacial score (nSPS) is 21.1. The van der Waals surface area contributed by atoms with Crippen molar-refractivity contribution in [3.05, 3.63) is 54.1 Å². The zero-order valence-corrected chi connectivity index (χ0v) is 16.5. The molecule has 0 bridgehead atoms. The van der Waals surface area contributed by atoms with Crippen LogP contribution < -0.4 is 5.32 Å². The molecule has 154 valence electrons. The number of hydrogen-bond donors (Lipinski definition) is 1. The molecule has 2 aliphatic rings. The lowest BCUT2D eigenvalue weighted by Gasteiger charge is -2.36. The predicted molar refractivity (Wildman–Crippen MR) is 108 cm³/mol. The van der Waals surface area contributed by atoms with Gasteiger partial charge < -0.3 is 14.8 Å². The van der Waals surface area contributed by atoms with Gasteiger partial charge in [0, 0.05) is 44.3 Å². The molecule has 1 unspecified atom stereocenters. The molecule has 1 aromatic heterocycles. The molecule has 0 aliphatic carbocycles. The summed E-state index contributed by atoms with van der Waals surface area (Å²) in [5.41, 5.74) is 1.57. The van der Waals surface area contributed by atoms with Crippen LogP contribution in [0.3, 0.4) is 0 Å². The second kappa shape index (κ2) is 9.01. The van der Waals surface area contributed by atoms with E-state index in [0.717, 1.165) is 30.6 Å². The summed E-state index contributed by atoms with van der Waals surface area (Å²) in [6.45, 7) is 2.31. The van der Waals surface area contributed by atoms with E-state index < -0.39 is 5.41 Å². The van der Waals surface area contributed by atoms with Crippen LogP contribution in [0.1, 0.15) is 31.2 Å². The van der Waals surface area contributed by atoms with Crippen LogP contribution in [0.2, 0.25) is 0 Å². The lowest BCUT2D eigenvalue weighted by atomic mass is 9.74. The molecular weight excluding hydrogens is 371 g/mol. The van der Waals surface area contributed by atoms with Gasteiger partial charge in [-0.15, -0.1) is 0 Å². The number of halogens is 1. The van der Waals surface area contributed by atoms with Crippen molar-refractivity contribution in [2.75, 3.05) is 26.4 Å². The number of nitrogens with zero attached hydrogens (tertiary/aromatic N) is 1. The molecule has 5 nitrogen and oxygen atoms in total. The average molecular weight is 398 g/mol. The number of aromatic nitrogens is 1. The second-order valence-corrected chi connectivity index (χ2v) is 7.96. The van der Waals surface area contributed by atoms with E-state index in [0.29, 0.717) is 44.6 Å². The molecule has 2 aromatic rings. The van der Waals surface area contributed by atoms with Crippen LogP contribution in [-0.2, 0) is 20.7 Å². The van der Waals surface area contributed by atoms with Crippen molar-refractivity contribution in [2.45, 2.75) is 38.2 Å². The number of rotatable bonds is 6. The van der Waals surface area contributed by atoms with Crippen molar-refractivity contribution in [1.29, 1.82) is 0 Å². The molecular formula is C23H27FN2O3. The lowest BCUT2D eigenvalue weighted by molar-refractivity contribution is -0.137. The highest BCUT2D eigenvalue weighted by atomic mass is 19.1. The van der Waals surface area contributed by atoms with E-state index in [2.05, 4.69) is 10.3 Å². The molecule has 4 rings (SSSR count). The molecule has 2 aliphatic heterocycles. The SMILES string of the molecule is O=C(NCC1CCCO1)C1(Cc2ccc(-c3cccnc3)cc2F)CCOCC1. The molecule has 6 heteroatoms. The molecule has 0 spiro atoms. The maximum absolute atomic E-state index is 15.0. The van der Waals surface area contributed by atoms with Gasteiger partial charge in [-0.2, -0.15) is 0 Å². The predicted octanol–water partition coefficient (Wildman–Crippen LogP) is 3.52. The third-order valence-electron chi connectivity index (χ3n) is 6.02. The van der Waals surface area contributed by atoms with Gasteiger partial charge in [-0.05, 0) is 55.4 Å². The topological polar surface area (TPSA) is 60.5 Å². The first-order chi connectivity index (χ1) is 14.2. The minimum atomic E-state index is -0.645. The van der Waals surface area contributed by atoms with Crippen LogP contribution in [0.25, 0.3) is 11.1 Å². The fourth-order valence-corrected chi connectivity index (χ4v) is 4.21. The Morgan fingerprint density at radius 3 is 2.76 bits per heavy atom. The molecule has 1 atom stereocenters. The first kappa shape index (κ1) is 20.0. The third-order valence-corrected chi connectivity index (χ3v) is 6.02. The fraction of sp³-hybridized carbons (Fsp3) is 0.478. The average Bonchev–Trinajstić information content (AvgIpc) is 3.28. The van der Waals surface area contributed by atoms with Crippen molar-refractivity contribution < 1.29 is 18.7 Å². The molecule has 0 saturated carbocycles. The number of ether oxygens (including phenoxy) is 2. The number of carbonyl (C=O) groups is 1. The van der Waals surface area contributed by atoms with Gasteiger partial charge in [0.1, 0.15) is 5.82 Å². The van der Waals surface area contributed by atoms with Crippen molar-refractivity contribution in [3.8, 4) is 11.1 Å². The maximum atomic E-state index is 15.0. The third kappa shape index (κ3) is 4.65. The van der Waals surface area contributed by atoms with E-state index in [4.69, 9.17) is 9.47 Å². The summed E-state index contributed by atoms with van der Waals surface area (Å²) >= 11 is 0. The molecule has 0 radical (unpaired) electrons. The van der Waals surface area contributed by atoms with E-state index in [1.54, 1.807) is 18.5 Å². The molecule has 29 heavy (non-hydrogen) atoms. The first-order valence-corrected chi connectivity index (χ1v) is 10.3. The van der Waals surface area contributed by atoms with Gasteiger partial charge in [-0.25, -0.2) is 4.39 Å². The summed E-state index contributed by atoms with van der Waals surface area (Å²) < 4.78 is 26.1. The van der Waals surface area contributed by atoms with Crippen LogP contribution >= 0.6 is 0 Å². The summed E-state index contributed by atoms with van der Waals surface area (Å²) in [5, 5.41) is 3.06. The van der Waals surface area contributed by atoms with Gasteiger partial charge in [-0.3, -0.25) is 9.78 Å². The van der Waals surface area contributed by atoms with Crippen LogP contribution in [0, 0.1) is 11.2 Å². The zero-order valence-electron chi connectivity index (χ0n) is 16.5. The number of nitrogens with one attached hydrogen (secondary N) is 1. The smallest absolute Gasteiger partial charge is 0.226 e. The minimum absolute atomic E-state index is 0.0213. The Morgan fingerprint density at radius 1 is 1.21 bits per heavy atom. The minimum Gasteiger partial charge on any atom is -0.381 e. The molecule has 1 amide bonds. The number of carbonyl (C=O) groups excluding carboxylic acids is 1. The summed E-state index contributed by atoms with van der Waals surface area (Å²) in [7, 11) is 0. The summed E-state index contributed by atoms with van der Waals surface area (Å²) in [4.78, 5) is 17.2. The summed E-state index contributed by atoms with van der Waals surface area (Å²) in [6, 6.07) is 8.95. The van der Waals surface area contributed by atoms with Gasteiger partial charge in [0.15, 0.2) is 0 Å². The first-order valence-electron chi connectivity index (χ1n) is 10.3. The number of amides is 1.